The maximum Gasteiger partial charge on any atom is 0.0779 e. The molecular formula is C11H16N2OS. The van der Waals surface area contributed by atoms with E-state index in [-0.39, 0.29) is 5.92 Å². The Morgan fingerprint density at radius 2 is 2.40 bits per heavy atom. The van der Waals surface area contributed by atoms with Gasteiger partial charge in [-0.3, -0.25) is 4.98 Å². The second kappa shape index (κ2) is 6.48. The van der Waals surface area contributed by atoms with Gasteiger partial charge in [-0.05, 0) is 12.1 Å². The molecule has 1 rings (SSSR count). The van der Waals surface area contributed by atoms with Gasteiger partial charge in [0.25, 0.3) is 0 Å². The number of pyridine rings is 1. The maximum atomic E-state index is 5.47. The molecule has 0 aromatic carbocycles. The molecule has 0 fully saturated rings. The molecule has 0 saturated carbocycles. The molecule has 4 heteroatoms. The molecule has 0 spiro atoms. The van der Waals surface area contributed by atoms with Crippen molar-refractivity contribution in [1.82, 2.24) is 4.98 Å². The number of hydrogen-bond donors (Lipinski definition) is 1. The van der Waals surface area contributed by atoms with Crippen LogP contribution in [0.25, 0.3) is 0 Å². The van der Waals surface area contributed by atoms with Crippen molar-refractivity contribution in [3.8, 4) is 0 Å². The van der Waals surface area contributed by atoms with Crippen molar-refractivity contribution in [3.63, 3.8) is 0 Å². The van der Waals surface area contributed by atoms with Crippen LogP contribution >= 0.6 is 12.2 Å². The van der Waals surface area contributed by atoms with Crippen molar-refractivity contribution >= 4 is 17.2 Å². The molecule has 2 N–H and O–H groups in total. The Balaban J connectivity index is 2.15. The predicted molar refractivity (Wildman–Crippen MR) is 64.7 cm³/mol. The Kier molecular flexibility index (Phi) is 5.21. The molecule has 82 valence electrons. The summed E-state index contributed by atoms with van der Waals surface area (Å²) in [6, 6.07) is 5.86. The Morgan fingerprint density at radius 3 is 3.00 bits per heavy atom. The van der Waals surface area contributed by atoms with E-state index in [4.69, 9.17) is 22.7 Å². The van der Waals surface area contributed by atoms with Crippen LogP contribution in [0.1, 0.15) is 12.6 Å². The van der Waals surface area contributed by atoms with Gasteiger partial charge in [-0.25, -0.2) is 0 Å². The van der Waals surface area contributed by atoms with E-state index in [0.717, 1.165) is 12.1 Å². The second-order valence-electron chi connectivity index (χ2n) is 3.45. The quantitative estimate of drug-likeness (QED) is 0.588. The molecule has 3 nitrogen and oxygen atoms in total. The average Bonchev–Trinajstić information content (AvgIpc) is 2.25. The predicted octanol–water partition coefficient (Wildman–Crippen LogP) is 1.56. The number of aromatic nitrogens is 1. The van der Waals surface area contributed by atoms with Crippen molar-refractivity contribution in [2.45, 2.75) is 13.3 Å². The fraction of sp³-hybridized carbons (Fsp3) is 0.455. The first kappa shape index (κ1) is 12.1. The molecule has 1 aromatic heterocycles. The zero-order valence-corrected chi connectivity index (χ0v) is 9.67. The van der Waals surface area contributed by atoms with Crippen LogP contribution in [0.2, 0.25) is 0 Å². The van der Waals surface area contributed by atoms with Gasteiger partial charge < -0.3 is 10.5 Å². The first-order chi connectivity index (χ1) is 7.20. The summed E-state index contributed by atoms with van der Waals surface area (Å²) in [7, 11) is 0. The van der Waals surface area contributed by atoms with Crippen LogP contribution in [0.5, 0.6) is 0 Å². The van der Waals surface area contributed by atoms with Crippen LogP contribution < -0.4 is 5.73 Å². The van der Waals surface area contributed by atoms with Gasteiger partial charge in [-0.15, -0.1) is 0 Å². The van der Waals surface area contributed by atoms with Gasteiger partial charge in [-0.1, -0.05) is 25.2 Å². The summed E-state index contributed by atoms with van der Waals surface area (Å²) in [6.07, 6.45) is 2.61. The highest BCUT2D eigenvalue weighted by Gasteiger charge is 2.04. The van der Waals surface area contributed by atoms with E-state index in [1.54, 1.807) is 6.20 Å². The van der Waals surface area contributed by atoms with E-state index in [9.17, 15) is 0 Å². The molecule has 0 aliphatic rings. The lowest BCUT2D eigenvalue weighted by atomic mass is 10.2. The maximum absolute atomic E-state index is 5.47. The lowest BCUT2D eigenvalue weighted by molar-refractivity contribution is 0.124. The molecule has 0 saturated heterocycles. The number of ether oxygens (including phenoxy) is 1. The number of nitrogens with zero attached hydrogens (tertiary/aromatic N) is 1. The van der Waals surface area contributed by atoms with Gasteiger partial charge >= 0.3 is 0 Å². The molecule has 1 atom stereocenters. The van der Waals surface area contributed by atoms with Crippen LogP contribution in [0, 0.1) is 5.92 Å². The minimum Gasteiger partial charge on any atom is -0.393 e. The summed E-state index contributed by atoms with van der Waals surface area (Å²) < 4.78 is 5.45. The highest BCUT2D eigenvalue weighted by Crippen LogP contribution is 1.99. The van der Waals surface area contributed by atoms with Crippen LogP contribution in [-0.2, 0) is 11.2 Å². The van der Waals surface area contributed by atoms with Crippen LogP contribution in [-0.4, -0.2) is 23.2 Å². The second-order valence-corrected chi connectivity index (χ2v) is 3.92. The molecule has 1 heterocycles. The molecule has 1 unspecified atom stereocenters. The number of rotatable bonds is 6. The van der Waals surface area contributed by atoms with Gasteiger partial charge in [0.1, 0.15) is 0 Å². The van der Waals surface area contributed by atoms with Crippen molar-refractivity contribution in [2.75, 3.05) is 13.2 Å². The molecular weight excluding hydrogens is 208 g/mol. The SMILES string of the molecule is CC(COCCc1ccccn1)C(N)=S. The summed E-state index contributed by atoms with van der Waals surface area (Å²) in [5.74, 6) is 0.142. The Bertz CT molecular complexity index is 303. The van der Waals surface area contributed by atoms with E-state index in [2.05, 4.69) is 4.98 Å². The topological polar surface area (TPSA) is 48.1 Å². The Morgan fingerprint density at radius 1 is 1.60 bits per heavy atom. The molecule has 0 radical (unpaired) electrons. The molecule has 1 aromatic rings. The third kappa shape index (κ3) is 4.85. The average molecular weight is 224 g/mol. The van der Waals surface area contributed by atoms with Crippen molar-refractivity contribution in [3.05, 3.63) is 30.1 Å². The van der Waals surface area contributed by atoms with Gasteiger partial charge in [0, 0.05) is 24.2 Å². The fourth-order valence-corrected chi connectivity index (χ4v) is 1.13. The van der Waals surface area contributed by atoms with Gasteiger partial charge in [0.05, 0.1) is 18.2 Å². The Hall–Kier alpha value is -1.00. The summed E-state index contributed by atoms with van der Waals surface area (Å²) >= 11 is 4.85. The highest BCUT2D eigenvalue weighted by molar-refractivity contribution is 7.80. The lowest BCUT2D eigenvalue weighted by Crippen LogP contribution is -2.23. The summed E-state index contributed by atoms with van der Waals surface area (Å²) in [6.45, 7) is 3.20. The number of hydrogen-bond acceptors (Lipinski definition) is 3. The van der Waals surface area contributed by atoms with Crippen LogP contribution in [0.15, 0.2) is 24.4 Å². The van der Waals surface area contributed by atoms with Crippen molar-refractivity contribution < 1.29 is 4.74 Å². The highest BCUT2D eigenvalue weighted by atomic mass is 32.1. The zero-order valence-electron chi connectivity index (χ0n) is 8.85. The van der Waals surface area contributed by atoms with E-state index in [1.165, 1.54) is 0 Å². The molecule has 0 bridgehead atoms. The molecule has 15 heavy (non-hydrogen) atoms. The minimum absolute atomic E-state index is 0.142. The van der Waals surface area contributed by atoms with E-state index >= 15 is 0 Å². The summed E-state index contributed by atoms with van der Waals surface area (Å²) in [5, 5.41) is 0. The molecule has 0 aliphatic carbocycles. The largest absolute Gasteiger partial charge is 0.393 e. The minimum atomic E-state index is 0.142. The number of thiocarbonyl (C=S) groups is 1. The first-order valence-corrected chi connectivity index (χ1v) is 5.38. The van der Waals surface area contributed by atoms with Gasteiger partial charge in [0.15, 0.2) is 0 Å². The molecule has 0 aliphatic heterocycles. The monoisotopic (exact) mass is 224 g/mol. The van der Waals surface area contributed by atoms with Crippen LogP contribution in [0.3, 0.4) is 0 Å². The summed E-state index contributed by atoms with van der Waals surface area (Å²) in [5.41, 5.74) is 6.51. The zero-order chi connectivity index (χ0) is 11.1. The lowest BCUT2D eigenvalue weighted by Gasteiger charge is -2.09. The van der Waals surface area contributed by atoms with Gasteiger partial charge in [-0.2, -0.15) is 0 Å². The Labute approximate surface area is 95.7 Å². The van der Waals surface area contributed by atoms with Crippen molar-refractivity contribution in [1.29, 1.82) is 0 Å². The van der Waals surface area contributed by atoms with E-state index < -0.39 is 0 Å². The number of nitrogens with two attached hydrogens (primary N) is 1. The van der Waals surface area contributed by atoms with E-state index in [0.29, 0.717) is 18.2 Å². The normalized spacial score (nSPS) is 12.3. The third-order valence-corrected chi connectivity index (χ3v) is 2.48. The summed E-state index contributed by atoms with van der Waals surface area (Å²) in [4.78, 5) is 4.71. The fourth-order valence-electron chi connectivity index (χ4n) is 1.06. The van der Waals surface area contributed by atoms with Gasteiger partial charge in [0.2, 0.25) is 0 Å². The van der Waals surface area contributed by atoms with Crippen LogP contribution in [0.4, 0.5) is 0 Å². The first-order valence-electron chi connectivity index (χ1n) is 4.97. The van der Waals surface area contributed by atoms with Crippen molar-refractivity contribution in [2.24, 2.45) is 11.7 Å². The third-order valence-electron chi connectivity index (χ3n) is 2.08. The smallest absolute Gasteiger partial charge is 0.0779 e. The molecule has 0 amide bonds. The van der Waals surface area contributed by atoms with E-state index in [1.807, 2.05) is 25.1 Å². The standard InChI is InChI=1S/C11H16N2OS/c1-9(11(12)15)8-14-7-5-10-4-2-3-6-13-10/h2-4,6,9H,5,7-8H2,1H3,(H2,12,15).